The third kappa shape index (κ3) is 2.07. The van der Waals surface area contributed by atoms with Crippen molar-refractivity contribution >= 4 is 0 Å². The number of nitrogens with zero attached hydrogens (tertiary/aromatic N) is 1. The Kier molecular flexibility index (Phi) is 3.55. The van der Waals surface area contributed by atoms with Crippen LogP contribution in [0.4, 0.5) is 0 Å². The van der Waals surface area contributed by atoms with Crippen molar-refractivity contribution in [2.24, 2.45) is 5.41 Å². The van der Waals surface area contributed by atoms with Gasteiger partial charge in [-0.25, -0.2) is 0 Å². The summed E-state index contributed by atoms with van der Waals surface area (Å²) in [7, 11) is 1.61. The molecule has 4 nitrogen and oxygen atoms in total. The smallest absolute Gasteiger partial charge is 0.121 e. The van der Waals surface area contributed by atoms with E-state index in [0.29, 0.717) is 13.0 Å². The van der Waals surface area contributed by atoms with Gasteiger partial charge >= 0.3 is 0 Å². The molecule has 0 aliphatic carbocycles. The number of aliphatic hydroxyl groups is 1. The Morgan fingerprint density at radius 1 is 1.56 bits per heavy atom. The molecular formula is C14H17NO3. The van der Waals surface area contributed by atoms with Crippen LogP contribution in [0.1, 0.15) is 23.7 Å². The zero-order valence-corrected chi connectivity index (χ0v) is 10.6. The van der Waals surface area contributed by atoms with Crippen LogP contribution < -0.4 is 4.74 Å². The molecule has 0 radical (unpaired) electrons. The average Bonchev–Trinajstić information content (AvgIpc) is 2.87. The molecule has 2 unspecified atom stereocenters. The summed E-state index contributed by atoms with van der Waals surface area (Å²) in [6.07, 6.45) is -0.259. The molecule has 1 aliphatic heterocycles. The molecule has 1 aromatic rings. The number of nitriles is 1. The van der Waals surface area contributed by atoms with Crippen molar-refractivity contribution in [1.29, 1.82) is 5.26 Å². The van der Waals surface area contributed by atoms with Crippen LogP contribution in [0.5, 0.6) is 5.75 Å². The molecule has 0 bridgehead atoms. The van der Waals surface area contributed by atoms with E-state index in [1.54, 1.807) is 13.2 Å². The van der Waals surface area contributed by atoms with E-state index in [0.717, 1.165) is 16.9 Å². The Morgan fingerprint density at radius 3 is 2.83 bits per heavy atom. The van der Waals surface area contributed by atoms with Crippen LogP contribution in [0, 0.1) is 23.7 Å². The van der Waals surface area contributed by atoms with Crippen LogP contribution in [0.25, 0.3) is 0 Å². The highest BCUT2D eigenvalue weighted by molar-refractivity contribution is 5.38. The van der Waals surface area contributed by atoms with Crippen LogP contribution in [-0.2, 0) is 4.74 Å². The zero-order valence-electron chi connectivity index (χ0n) is 10.6. The van der Waals surface area contributed by atoms with Gasteiger partial charge in [0.15, 0.2) is 0 Å². The van der Waals surface area contributed by atoms with Gasteiger partial charge in [0.1, 0.15) is 11.2 Å². The first-order chi connectivity index (χ1) is 8.63. The number of benzene rings is 1. The summed E-state index contributed by atoms with van der Waals surface area (Å²) in [5.74, 6) is 0.777. The Balaban J connectivity index is 2.31. The van der Waals surface area contributed by atoms with Crippen molar-refractivity contribution in [2.75, 3.05) is 20.3 Å². The minimum Gasteiger partial charge on any atom is -0.496 e. The van der Waals surface area contributed by atoms with Crippen molar-refractivity contribution < 1.29 is 14.6 Å². The number of aliphatic hydroxyl groups excluding tert-OH is 1. The largest absolute Gasteiger partial charge is 0.496 e. The Labute approximate surface area is 107 Å². The average molecular weight is 247 g/mol. The second-order valence-electron chi connectivity index (χ2n) is 4.70. The van der Waals surface area contributed by atoms with Crippen LogP contribution in [-0.4, -0.2) is 25.4 Å². The summed E-state index contributed by atoms with van der Waals surface area (Å²) >= 11 is 0. The van der Waals surface area contributed by atoms with Gasteiger partial charge < -0.3 is 14.6 Å². The third-order valence-electron chi connectivity index (χ3n) is 3.53. The second kappa shape index (κ2) is 4.97. The standard InChI is InChI=1S/C14H17NO3/c1-10-7-11(3-4-12(10)17-2)13(16)14(8-15)5-6-18-9-14/h3-4,7,13,16H,5-6,9H2,1-2H3. The molecule has 1 fully saturated rings. The lowest BCUT2D eigenvalue weighted by molar-refractivity contribution is 0.0503. The van der Waals surface area contributed by atoms with Crippen LogP contribution >= 0.6 is 0 Å². The third-order valence-corrected chi connectivity index (χ3v) is 3.53. The SMILES string of the molecule is COc1ccc(C(O)C2(C#N)CCOC2)cc1C. The van der Waals surface area contributed by atoms with Gasteiger partial charge in [-0.05, 0) is 36.6 Å². The highest BCUT2D eigenvalue weighted by Gasteiger charge is 2.43. The number of aryl methyl sites for hydroxylation is 1. The predicted octanol–water partition coefficient (Wildman–Crippen LogP) is 1.97. The van der Waals surface area contributed by atoms with Crippen molar-refractivity contribution in [3.63, 3.8) is 0 Å². The first kappa shape index (κ1) is 12.9. The van der Waals surface area contributed by atoms with E-state index in [4.69, 9.17) is 9.47 Å². The van der Waals surface area contributed by atoms with Gasteiger partial charge in [0.25, 0.3) is 0 Å². The molecule has 1 heterocycles. The lowest BCUT2D eigenvalue weighted by Crippen LogP contribution is -2.27. The van der Waals surface area contributed by atoms with Crippen molar-refractivity contribution in [2.45, 2.75) is 19.4 Å². The van der Waals surface area contributed by atoms with E-state index in [2.05, 4.69) is 6.07 Å². The van der Waals surface area contributed by atoms with E-state index < -0.39 is 11.5 Å². The fourth-order valence-electron chi connectivity index (χ4n) is 2.34. The van der Waals surface area contributed by atoms with Gasteiger partial charge in [-0.1, -0.05) is 6.07 Å². The summed E-state index contributed by atoms with van der Waals surface area (Å²) in [4.78, 5) is 0. The molecular weight excluding hydrogens is 230 g/mol. The number of hydrogen-bond donors (Lipinski definition) is 1. The number of rotatable bonds is 3. The van der Waals surface area contributed by atoms with Crippen LogP contribution in [0.2, 0.25) is 0 Å². The quantitative estimate of drug-likeness (QED) is 0.887. The lowest BCUT2D eigenvalue weighted by Gasteiger charge is -2.26. The van der Waals surface area contributed by atoms with E-state index in [1.165, 1.54) is 0 Å². The summed E-state index contributed by atoms with van der Waals surface area (Å²) in [6, 6.07) is 7.69. The molecule has 2 rings (SSSR count). The summed E-state index contributed by atoms with van der Waals surface area (Å²) < 4.78 is 10.4. The molecule has 0 saturated carbocycles. The summed E-state index contributed by atoms with van der Waals surface area (Å²) in [6.45, 7) is 2.73. The van der Waals surface area contributed by atoms with Crippen LogP contribution in [0.3, 0.4) is 0 Å². The Morgan fingerprint density at radius 2 is 2.33 bits per heavy atom. The van der Waals surface area contributed by atoms with Crippen molar-refractivity contribution in [1.82, 2.24) is 0 Å². The maximum Gasteiger partial charge on any atom is 0.121 e. The van der Waals surface area contributed by atoms with Gasteiger partial charge in [0.2, 0.25) is 0 Å². The molecule has 1 N–H and O–H groups in total. The highest BCUT2D eigenvalue weighted by Crippen LogP contribution is 2.41. The minimum atomic E-state index is -0.824. The molecule has 1 saturated heterocycles. The molecule has 0 aromatic heterocycles. The molecule has 1 aliphatic rings. The zero-order chi connectivity index (χ0) is 13.2. The maximum absolute atomic E-state index is 10.4. The molecule has 1 aromatic carbocycles. The van der Waals surface area contributed by atoms with Crippen molar-refractivity contribution in [3.05, 3.63) is 29.3 Å². The van der Waals surface area contributed by atoms with E-state index in [9.17, 15) is 10.4 Å². The summed E-state index contributed by atoms with van der Waals surface area (Å²) in [5.41, 5.74) is 0.863. The van der Waals surface area contributed by atoms with Crippen LogP contribution in [0.15, 0.2) is 18.2 Å². The topological polar surface area (TPSA) is 62.5 Å². The molecule has 18 heavy (non-hydrogen) atoms. The first-order valence-electron chi connectivity index (χ1n) is 5.94. The van der Waals surface area contributed by atoms with Gasteiger partial charge in [0, 0.05) is 6.61 Å². The lowest BCUT2D eigenvalue weighted by atomic mass is 9.79. The van der Waals surface area contributed by atoms with Gasteiger partial charge in [-0.2, -0.15) is 5.26 Å². The normalized spacial score (nSPS) is 24.6. The van der Waals surface area contributed by atoms with Gasteiger partial charge in [0.05, 0.1) is 25.9 Å². The van der Waals surface area contributed by atoms with E-state index in [1.807, 2.05) is 19.1 Å². The molecule has 2 atom stereocenters. The summed E-state index contributed by atoms with van der Waals surface area (Å²) in [5, 5.41) is 19.7. The fraction of sp³-hybridized carbons (Fsp3) is 0.500. The number of methoxy groups -OCH3 is 1. The Hall–Kier alpha value is -1.57. The predicted molar refractivity (Wildman–Crippen MR) is 66.2 cm³/mol. The molecule has 4 heteroatoms. The fourth-order valence-corrected chi connectivity index (χ4v) is 2.34. The van der Waals surface area contributed by atoms with E-state index in [-0.39, 0.29) is 6.61 Å². The highest BCUT2D eigenvalue weighted by atomic mass is 16.5. The maximum atomic E-state index is 10.4. The first-order valence-corrected chi connectivity index (χ1v) is 5.94. The van der Waals surface area contributed by atoms with Gasteiger partial charge in [-0.15, -0.1) is 0 Å². The van der Waals surface area contributed by atoms with Crippen molar-refractivity contribution in [3.8, 4) is 11.8 Å². The molecule has 96 valence electrons. The second-order valence-corrected chi connectivity index (χ2v) is 4.70. The minimum absolute atomic E-state index is 0.287. The number of hydrogen-bond acceptors (Lipinski definition) is 4. The van der Waals surface area contributed by atoms with E-state index >= 15 is 0 Å². The molecule has 0 amide bonds. The monoisotopic (exact) mass is 247 g/mol. The molecule has 0 spiro atoms. The number of ether oxygens (including phenoxy) is 2. The van der Waals surface area contributed by atoms with Gasteiger partial charge in [-0.3, -0.25) is 0 Å². The Bertz CT molecular complexity index is 472.